The highest BCUT2D eigenvalue weighted by atomic mass is 16.3. The Labute approximate surface area is 417 Å². The maximum atomic E-state index is 12.6. The van der Waals surface area contributed by atoms with E-state index >= 15 is 0 Å². The summed E-state index contributed by atoms with van der Waals surface area (Å²) in [6, 6.07) is -1.01. The molecule has 0 heterocycles. The first-order valence-corrected chi connectivity index (χ1v) is 29.9. The SMILES string of the molecule is CCCCCCCCCCCCCC/C=C\CCCCCCCCCCCCCCCCC(O)C(=O)NC(CO)C(O)C(O)CCC/C=C/CC/C=C/CCCCCCCCCCCCCC. The highest BCUT2D eigenvalue weighted by Gasteiger charge is 2.28. The number of aliphatic hydroxyl groups excluding tert-OH is 4. The van der Waals surface area contributed by atoms with Crippen molar-refractivity contribution in [1.29, 1.82) is 0 Å². The Morgan fingerprint density at radius 3 is 0.940 bits per heavy atom. The van der Waals surface area contributed by atoms with Crippen molar-refractivity contribution in [2.24, 2.45) is 0 Å². The Kier molecular flexibility index (Phi) is 54.2. The van der Waals surface area contributed by atoms with E-state index in [1.54, 1.807) is 0 Å². The smallest absolute Gasteiger partial charge is 0.249 e. The summed E-state index contributed by atoms with van der Waals surface area (Å²) >= 11 is 0. The predicted molar refractivity (Wildman–Crippen MR) is 293 cm³/mol. The summed E-state index contributed by atoms with van der Waals surface area (Å²) in [6.45, 7) is 4.07. The normalized spacial score (nSPS) is 13.9. The van der Waals surface area contributed by atoms with Gasteiger partial charge in [0, 0.05) is 0 Å². The maximum absolute atomic E-state index is 12.6. The lowest BCUT2D eigenvalue weighted by molar-refractivity contribution is -0.132. The van der Waals surface area contributed by atoms with E-state index in [1.807, 2.05) is 0 Å². The Balaban J connectivity index is 3.63. The van der Waals surface area contributed by atoms with E-state index in [2.05, 4.69) is 55.6 Å². The van der Waals surface area contributed by atoms with Crippen LogP contribution in [0.4, 0.5) is 0 Å². The second kappa shape index (κ2) is 55.5. The van der Waals surface area contributed by atoms with Gasteiger partial charge in [-0.15, -0.1) is 0 Å². The number of allylic oxidation sites excluding steroid dienone is 6. The van der Waals surface area contributed by atoms with E-state index in [-0.39, 0.29) is 0 Å². The van der Waals surface area contributed by atoms with Gasteiger partial charge in [-0.25, -0.2) is 0 Å². The second-order valence-corrected chi connectivity index (χ2v) is 20.7. The standard InChI is InChI=1S/C61H117NO5/c1-3-5-7-9-11-13-15-17-19-21-23-25-26-27-28-29-30-31-32-33-35-37-39-41-43-45-47-49-51-53-55-59(65)61(67)62-57(56-63)60(66)58(64)54-52-50-48-46-44-42-40-38-36-34-24-22-20-18-16-14-12-10-8-6-4-2/h27-28,38,40,46,48,57-60,63-66H,3-26,29-37,39,41-45,47,49-56H2,1-2H3,(H,62,67)/b28-27-,40-38+,48-46+. The molecule has 4 atom stereocenters. The van der Waals surface area contributed by atoms with Gasteiger partial charge in [0.2, 0.25) is 5.91 Å². The van der Waals surface area contributed by atoms with Crippen molar-refractivity contribution in [3.8, 4) is 0 Å². The van der Waals surface area contributed by atoms with Crippen LogP contribution in [0.15, 0.2) is 36.5 Å². The molecule has 6 heteroatoms. The molecule has 67 heavy (non-hydrogen) atoms. The molecule has 0 saturated heterocycles. The van der Waals surface area contributed by atoms with Crippen LogP contribution >= 0.6 is 0 Å². The molecule has 0 aliphatic heterocycles. The van der Waals surface area contributed by atoms with Crippen molar-refractivity contribution in [3.63, 3.8) is 0 Å². The lowest BCUT2D eigenvalue weighted by Gasteiger charge is -2.27. The average molecular weight is 945 g/mol. The average Bonchev–Trinajstić information content (AvgIpc) is 3.33. The fraction of sp³-hybridized carbons (Fsp3) is 0.885. The van der Waals surface area contributed by atoms with E-state index in [9.17, 15) is 25.2 Å². The van der Waals surface area contributed by atoms with E-state index in [0.717, 1.165) is 38.5 Å². The van der Waals surface area contributed by atoms with Gasteiger partial charge in [-0.3, -0.25) is 4.79 Å². The topological polar surface area (TPSA) is 110 Å². The zero-order chi connectivity index (χ0) is 48.8. The minimum Gasteiger partial charge on any atom is -0.394 e. The van der Waals surface area contributed by atoms with Crippen LogP contribution in [0.25, 0.3) is 0 Å². The summed E-state index contributed by atoms with van der Waals surface area (Å²) in [7, 11) is 0. The second-order valence-electron chi connectivity index (χ2n) is 20.7. The van der Waals surface area contributed by atoms with Crippen LogP contribution < -0.4 is 5.32 Å². The molecule has 4 unspecified atom stereocenters. The van der Waals surface area contributed by atoms with Gasteiger partial charge in [0.1, 0.15) is 12.2 Å². The van der Waals surface area contributed by atoms with Crippen LogP contribution in [-0.4, -0.2) is 57.3 Å². The van der Waals surface area contributed by atoms with Gasteiger partial charge >= 0.3 is 0 Å². The third-order valence-corrected chi connectivity index (χ3v) is 14.1. The van der Waals surface area contributed by atoms with E-state index in [0.29, 0.717) is 19.3 Å². The molecular formula is C61H117NO5. The molecule has 0 aliphatic rings. The van der Waals surface area contributed by atoms with Crippen molar-refractivity contribution in [1.82, 2.24) is 5.32 Å². The Morgan fingerprint density at radius 1 is 0.358 bits per heavy atom. The first-order valence-electron chi connectivity index (χ1n) is 29.9. The summed E-state index contributed by atoms with van der Waals surface area (Å²) in [5, 5.41) is 44.0. The highest BCUT2D eigenvalue weighted by molar-refractivity contribution is 5.80. The third-order valence-electron chi connectivity index (χ3n) is 14.1. The molecule has 0 fully saturated rings. The fourth-order valence-electron chi connectivity index (χ4n) is 9.36. The van der Waals surface area contributed by atoms with Gasteiger partial charge in [0.25, 0.3) is 0 Å². The van der Waals surface area contributed by atoms with Crippen molar-refractivity contribution in [2.45, 2.75) is 340 Å². The molecule has 0 aromatic carbocycles. The van der Waals surface area contributed by atoms with E-state index in [1.165, 1.54) is 244 Å². The Bertz CT molecular complexity index is 1060. The van der Waals surface area contributed by atoms with Gasteiger partial charge in [0.15, 0.2) is 0 Å². The molecule has 0 aromatic rings. The quantitative estimate of drug-likeness (QED) is 0.0308. The zero-order valence-corrected chi connectivity index (χ0v) is 44.9. The molecule has 0 radical (unpaired) electrons. The molecule has 6 nitrogen and oxygen atoms in total. The predicted octanol–water partition coefficient (Wildman–Crippen LogP) is 17.6. The van der Waals surface area contributed by atoms with Crippen LogP contribution in [0.3, 0.4) is 0 Å². The molecule has 0 bridgehead atoms. The first-order chi connectivity index (χ1) is 33.0. The number of carbonyl (C=O) groups is 1. The van der Waals surface area contributed by atoms with Crippen LogP contribution in [-0.2, 0) is 4.79 Å². The summed E-state index contributed by atoms with van der Waals surface area (Å²) < 4.78 is 0. The number of unbranched alkanes of at least 4 members (excludes halogenated alkanes) is 40. The van der Waals surface area contributed by atoms with Crippen LogP contribution in [0.5, 0.6) is 0 Å². The van der Waals surface area contributed by atoms with E-state index in [4.69, 9.17) is 0 Å². The molecule has 1 amide bonds. The molecule has 0 saturated carbocycles. The minimum absolute atomic E-state index is 0.362. The fourth-order valence-corrected chi connectivity index (χ4v) is 9.36. The van der Waals surface area contributed by atoms with Gasteiger partial charge < -0.3 is 25.7 Å². The van der Waals surface area contributed by atoms with Crippen molar-refractivity contribution < 1.29 is 25.2 Å². The molecule has 5 N–H and O–H groups in total. The van der Waals surface area contributed by atoms with Crippen LogP contribution in [0, 0.1) is 0 Å². The molecule has 0 aromatic heterocycles. The number of aliphatic hydroxyl groups is 4. The van der Waals surface area contributed by atoms with Gasteiger partial charge in [-0.2, -0.15) is 0 Å². The van der Waals surface area contributed by atoms with Gasteiger partial charge in [0.05, 0.1) is 18.8 Å². The Hall–Kier alpha value is -1.47. The molecule has 0 aliphatic carbocycles. The largest absolute Gasteiger partial charge is 0.394 e. The van der Waals surface area contributed by atoms with Crippen LogP contribution in [0.2, 0.25) is 0 Å². The monoisotopic (exact) mass is 944 g/mol. The molecule has 0 spiro atoms. The van der Waals surface area contributed by atoms with Crippen molar-refractivity contribution >= 4 is 5.91 Å². The van der Waals surface area contributed by atoms with Crippen molar-refractivity contribution in [2.75, 3.05) is 6.61 Å². The summed E-state index contributed by atoms with van der Waals surface area (Å²) in [4.78, 5) is 12.6. The van der Waals surface area contributed by atoms with Crippen LogP contribution in [0.1, 0.15) is 316 Å². The minimum atomic E-state index is -1.29. The summed E-state index contributed by atoms with van der Waals surface area (Å²) in [5.41, 5.74) is 0. The first kappa shape index (κ1) is 65.5. The molecular weight excluding hydrogens is 827 g/mol. The van der Waals surface area contributed by atoms with E-state index < -0.39 is 36.9 Å². The highest BCUT2D eigenvalue weighted by Crippen LogP contribution is 2.17. The zero-order valence-electron chi connectivity index (χ0n) is 44.9. The lowest BCUT2D eigenvalue weighted by Crippen LogP contribution is -2.53. The number of rotatable bonds is 55. The number of hydrogen-bond acceptors (Lipinski definition) is 5. The number of hydrogen-bond donors (Lipinski definition) is 5. The molecule has 396 valence electrons. The van der Waals surface area contributed by atoms with Gasteiger partial charge in [-0.05, 0) is 77.0 Å². The number of amides is 1. The lowest BCUT2D eigenvalue weighted by atomic mass is 10.00. The summed E-state index contributed by atoms with van der Waals surface area (Å²) in [5.74, 6) is -0.594. The summed E-state index contributed by atoms with van der Waals surface area (Å²) in [6.07, 6.45) is 69.4. The molecule has 0 rings (SSSR count). The third kappa shape index (κ3) is 49.3. The Morgan fingerprint density at radius 2 is 0.627 bits per heavy atom. The number of carbonyl (C=O) groups excluding carboxylic acids is 1. The number of nitrogens with one attached hydrogen (secondary N) is 1. The maximum Gasteiger partial charge on any atom is 0.249 e. The van der Waals surface area contributed by atoms with Crippen molar-refractivity contribution in [3.05, 3.63) is 36.5 Å². The van der Waals surface area contributed by atoms with Gasteiger partial charge in [-0.1, -0.05) is 275 Å².